The van der Waals surface area contributed by atoms with Crippen LogP contribution in [0.1, 0.15) is 6.42 Å². The molecule has 0 amide bonds. The second-order valence-corrected chi connectivity index (χ2v) is 6.62. The Morgan fingerprint density at radius 2 is 2.50 bits per heavy atom. The molecule has 2 heterocycles. The van der Waals surface area contributed by atoms with Crippen LogP contribution in [-0.2, 0) is 0 Å². The molecular formula is C11H18BrN3S. The lowest BCUT2D eigenvalue weighted by Crippen LogP contribution is -2.49. The van der Waals surface area contributed by atoms with Gasteiger partial charge in [-0.25, -0.2) is 0 Å². The van der Waals surface area contributed by atoms with Crippen LogP contribution in [0.3, 0.4) is 0 Å². The van der Waals surface area contributed by atoms with Crippen LogP contribution >= 0.6 is 27.3 Å². The molecule has 1 atom stereocenters. The molecular weight excluding hydrogens is 286 g/mol. The Morgan fingerprint density at radius 1 is 1.62 bits per heavy atom. The van der Waals surface area contributed by atoms with Crippen molar-refractivity contribution in [3.8, 4) is 0 Å². The topological polar surface area (TPSA) is 27.3 Å². The lowest BCUT2D eigenvalue weighted by molar-refractivity contribution is 0.194. The molecule has 0 saturated carbocycles. The van der Waals surface area contributed by atoms with Gasteiger partial charge in [-0.05, 0) is 41.5 Å². The third kappa shape index (κ3) is 3.45. The summed E-state index contributed by atoms with van der Waals surface area (Å²) in [5, 5.41) is 8.16. The molecule has 0 aromatic carbocycles. The number of thiophene rings is 1. The summed E-state index contributed by atoms with van der Waals surface area (Å²) in [6.45, 7) is 4.45. The maximum Gasteiger partial charge on any atom is 0.0894 e. The second kappa shape index (κ2) is 6.00. The minimum atomic E-state index is 0.671. The van der Waals surface area contributed by atoms with Gasteiger partial charge in [-0.15, -0.1) is 11.3 Å². The molecule has 2 rings (SSSR count). The molecule has 3 nitrogen and oxygen atoms in total. The van der Waals surface area contributed by atoms with Gasteiger partial charge in [0.1, 0.15) is 0 Å². The van der Waals surface area contributed by atoms with E-state index in [1.165, 1.54) is 15.2 Å². The molecule has 1 aliphatic heterocycles. The van der Waals surface area contributed by atoms with E-state index in [0.717, 1.165) is 26.2 Å². The fraction of sp³-hybridized carbons (Fsp3) is 0.636. The lowest BCUT2D eigenvalue weighted by atomic mass is 10.1. The van der Waals surface area contributed by atoms with Crippen LogP contribution in [0.4, 0.5) is 5.00 Å². The molecule has 5 heteroatoms. The molecule has 90 valence electrons. The standard InChI is InChI=1S/C11H18BrN3S/c1-15-7-6-13-8-9(15)4-5-14-11-3-2-10(12)16-11/h2-3,9,13-14H,4-8H2,1H3. The predicted molar refractivity (Wildman–Crippen MR) is 74.4 cm³/mol. The van der Waals surface area contributed by atoms with E-state index in [2.05, 4.69) is 50.6 Å². The summed E-state index contributed by atoms with van der Waals surface area (Å²) in [5.74, 6) is 0. The summed E-state index contributed by atoms with van der Waals surface area (Å²) in [6, 6.07) is 4.88. The van der Waals surface area contributed by atoms with Gasteiger partial charge < -0.3 is 15.5 Å². The highest BCUT2D eigenvalue weighted by Gasteiger charge is 2.17. The van der Waals surface area contributed by atoms with Crippen LogP contribution in [0, 0.1) is 0 Å². The molecule has 1 aromatic heterocycles. The van der Waals surface area contributed by atoms with Gasteiger partial charge in [0.05, 0.1) is 8.79 Å². The fourth-order valence-corrected chi connectivity index (χ4v) is 3.27. The molecule has 0 bridgehead atoms. The van der Waals surface area contributed by atoms with Crippen molar-refractivity contribution in [2.24, 2.45) is 0 Å². The van der Waals surface area contributed by atoms with E-state index < -0.39 is 0 Å². The molecule has 1 aromatic rings. The number of anilines is 1. The molecule has 2 N–H and O–H groups in total. The monoisotopic (exact) mass is 303 g/mol. The average molecular weight is 304 g/mol. The first-order valence-corrected chi connectivity index (χ1v) is 7.27. The van der Waals surface area contributed by atoms with Crippen LogP contribution in [0.25, 0.3) is 0 Å². The van der Waals surface area contributed by atoms with Crippen LogP contribution in [0.5, 0.6) is 0 Å². The molecule has 0 spiro atoms. The Bertz CT molecular complexity index is 329. The van der Waals surface area contributed by atoms with Crippen LogP contribution in [0.15, 0.2) is 15.9 Å². The summed E-state index contributed by atoms with van der Waals surface area (Å²) in [7, 11) is 2.22. The molecule has 0 radical (unpaired) electrons. The summed E-state index contributed by atoms with van der Waals surface area (Å²) >= 11 is 5.22. The zero-order chi connectivity index (χ0) is 11.4. The van der Waals surface area contributed by atoms with Crippen molar-refractivity contribution < 1.29 is 0 Å². The number of halogens is 1. The Balaban J connectivity index is 1.71. The number of nitrogens with zero attached hydrogens (tertiary/aromatic N) is 1. The minimum Gasteiger partial charge on any atom is -0.377 e. The van der Waals surface area contributed by atoms with E-state index in [0.29, 0.717) is 6.04 Å². The minimum absolute atomic E-state index is 0.671. The van der Waals surface area contributed by atoms with E-state index in [1.807, 2.05) is 0 Å². The summed E-state index contributed by atoms with van der Waals surface area (Å²) < 4.78 is 1.19. The van der Waals surface area contributed by atoms with Crippen LogP contribution in [-0.4, -0.2) is 44.2 Å². The van der Waals surface area contributed by atoms with Crippen molar-refractivity contribution in [3.63, 3.8) is 0 Å². The van der Waals surface area contributed by atoms with Gasteiger partial charge in [0.25, 0.3) is 0 Å². The lowest BCUT2D eigenvalue weighted by Gasteiger charge is -2.33. The summed E-state index contributed by atoms with van der Waals surface area (Å²) in [4.78, 5) is 2.45. The Hall–Kier alpha value is -0.100. The number of hydrogen-bond donors (Lipinski definition) is 2. The van der Waals surface area contributed by atoms with E-state index in [9.17, 15) is 0 Å². The van der Waals surface area contributed by atoms with Gasteiger partial charge in [0.2, 0.25) is 0 Å². The molecule has 1 saturated heterocycles. The van der Waals surface area contributed by atoms with Crippen molar-refractivity contribution in [2.75, 3.05) is 38.5 Å². The quantitative estimate of drug-likeness (QED) is 0.893. The number of piperazine rings is 1. The Morgan fingerprint density at radius 3 is 3.19 bits per heavy atom. The Labute approximate surface area is 109 Å². The molecule has 1 unspecified atom stereocenters. The van der Waals surface area contributed by atoms with Crippen molar-refractivity contribution in [1.82, 2.24) is 10.2 Å². The number of rotatable bonds is 4. The van der Waals surface area contributed by atoms with Crippen molar-refractivity contribution >= 4 is 32.3 Å². The van der Waals surface area contributed by atoms with E-state index in [1.54, 1.807) is 11.3 Å². The predicted octanol–water partition coefficient (Wildman–Crippen LogP) is 2.22. The fourth-order valence-electron chi connectivity index (χ4n) is 1.96. The van der Waals surface area contributed by atoms with Crippen molar-refractivity contribution in [2.45, 2.75) is 12.5 Å². The van der Waals surface area contributed by atoms with E-state index in [4.69, 9.17) is 0 Å². The molecule has 0 aliphatic carbocycles. The third-order valence-corrected chi connectivity index (χ3v) is 4.58. The highest BCUT2D eigenvalue weighted by Crippen LogP contribution is 2.26. The molecule has 1 fully saturated rings. The zero-order valence-corrected chi connectivity index (χ0v) is 11.9. The smallest absolute Gasteiger partial charge is 0.0894 e. The Kier molecular flexibility index (Phi) is 4.64. The van der Waals surface area contributed by atoms with Crippen molar-refractivity contribution in [1.29, 1.82) is 0 Å². The number of nitrogens with one attached hydrogen (secondary N) is 2. The molecule has 16 heavy (non-hydrogen) atoms. The van der Waals surface area contributed by atoms with E-state index in [-0.39, 0.29) is 0 Å². The maximum absolute atomic E-state index is 3.47. The van der Waals surface area contributed by atoms with Crippen LogP contribution in [0.2, 0.25) is 0 Å². The third-order valence-electron chi connectivity index (χ3n) is 2.99. The second-order valence-electron chi connectivity index (χ2n) is 4.16. The first-order valence-electron chi connectivity index (χ1n) is 5.66. The highest BCUT2D eigenvalue weighted by molar-refractivity contribution is 9.11. The van der Waals surface area contributed by atoms with Gasteiger partial charge in [0.15, 0.2) is 0 Å². The first-order chi connectivity index (χ1) is 7.75. The largest absolute Gasteiger partial charge is 0.377 e. The zero-order valence-electron chi connectivity index (χ0n) is 9.50. The van der Waals surface area contributed by atoms with Gasteiger partial charge in [0, 0.05) is 32.2 Å². The maximum atomic E-state index is 3.47. The van der Waals surface area contributed by atoms with E-state index >= 15 is 0 Å². The number of likely N-dealkylation sites (N-methyl/N-ethyl adjacent to an activating group) is 1. The normalized spacial score (nSPS) is 22.2. The van der Waals surface area contributed by atoms with Gasteiger partial charge >= 0.3 is 0 Å². The highest BCUT2D eigenvalue weighted by atomic mass is 79.9. The summed E-state index contributed by atoms with van der Waals surface area (Å²) in [6.07, 6.45) is 1.19. The average Bonchev–Trinajstić information content (AvgIpc) is 2.67. The van der Waals surface area contributed by atoms with Crippen LogP contribution < -0.4 is 10.6 Å². The first kappa shape index (κ1) is 12.4. The van der Waals surface area contributed by atoms with Gasteiger partial charge in [-0.1, -0.05) is 0 Å². The summed E-state index contributed by atoms with van der Waals surface area (Å²) in [5.41, 5.74) is 0. The van der Waals surface area contributed by atoms with Gasteiger partial charge in [-0.3, -0.25) is 0 Å². The SMILES string of the molecule is CN1CCNCC1CCNc1ccc(Br)s1. The number of hydrogen-bond acceptors (Lipinski definition) is 4. The van der Waals surface area contributed by atoms with Crippen molar-refractivity contribution in [3.05, 3.63) is 15.9 Å². The van der Waals surface area contributed by atoms with Gasteiger partial charge in [-0.2, -0.15) is 0 Å². The molecule has 1 aliphatic rings.